The lowest BCUT2D eigenvalue weighted by atomic mass is 10.1. The molecule has 1 unspecified atom stereocenters. The number of carbonyl (C=O) groups excluding carboxylic acids is 1. The molecule has 0 aliphatic heterocycles. The minimum Gasteiger partial charge on any atom is -0.493 e. The summed E-state index contributed by atoms with van der Waals surface area (Å²) in [5, 5.41) is 7.25. The maximum atomic E-state index is 12.8. The monoisotopic (exact) mass is 437 g/mol. The SMILES string of the molecule is COc1cc(CNC(=O)C(C)n2nc(-c3ccc(C)cc3)ccc2=O)cc(OC)c1OC. The Labute approximate surface area is 186 Å². The van der Waals surface area contributed by atoms with Crippen molar-refractivity contribution in [3.8, 4) is 28.5 Å². The number of amides is 1. The quantitative estimate of drug-likeness (QED) is 0.582. The van der Waals surface area contributed by atoms with Gasteiger partial charge in [0.15, 0.2) is 11.5 Å². The van der Waals surface area contributed by atoms with E-state index in [0.717, 1.165) is 16.7 Å². The van der Waals surface area contributed by atoms with Crippen molar-refractivity contribution in [1.29, 1.82) is 0 Å². The first-order valence-corrected chi connectivity index (χ1v) is 10.1. The van der Waals surface area contributed by atoms with Gasteiger partial charge in [0.25, 0.3) is 5.56 Å². The number of carbonyl (C=O) groups is 1. The van der Waals surface area contributed by atoms with Crippen molar-refractivity contribution in [3.05, 3.63) is 70.0 Å². The van der Waals surface area contributed by atoms with Crippen LogP contribution in [0.15, 0.2) is 53.3 Å². The smallest absolute Gasteiger partial charge is 0.267 e. The maximum Gasteiger partial charge on any atom is 0.267 e. The lowest BCUT2D eigenvalue weighted by Gasteiger charge is -2.17. The number of methoxy groups -OCH3 is 3. The van der Waals surface area contributed by atoms with Crippen molar-refractivity contribution in [1.82, 2.24) is 15.1 Å². The summed E-state index contributed by atoms with van der Waals surface area (Å²) in [7, 11) is 4.58. The van der Waals surface area contributed by atoms with Crippen LogP contribution in [0, 0.1) is 6.92 Å². The first-order valence-electron chi connectivity index (χ1n) is 10.1. The zero-order chi connectivity index (χ0) is 23.3. The summed E-state index contributed by atoms with van der Waals surface area (Å²) in [5.41, 5.74) is 3.02. The van der Waals surface area contributed by atoms with Gasteiger partial charge in [-0.1, -0.05) is 29.8 Å². The lowest BCUT2D eigenvalue weighted by Crippen LogP contribution is -2.36. The Morgan fingerprint density at radius 2 is 1.62 bits per heavy atom. The Morgan fingerprint density at radius 3 is 2.19 bits per heavy atom. The molecular formula is C24H27N3O5. The van der Waals surface area contributed by atoms with Crippen molar-refractivity contribution in [2.24, 2.45) is 0 Å². The molecule has 0 saturated heterocycles. The minimum absolute atomic E-state index is 0.215. The van der Waals surface area contributed by atoms with Crippen LogP contribution in [0.1, 0.15) is 24.1 Å². The Balaban J connectivity index is 1.78. The van der Waals surface area contributed by atoms with Gasteiger partial charge in [0, 0.05) is 18.2 Å². The third kappa shape index (κ3) is 4.91. The fourth-order valence-electron chi connectivity index (χ4n) is 3.27. The first-order chi connectivity index (χ1) is 15.4. The molecule has 2 aromatic carbocycles. The topological polar surface area (TPSA) is 91.7 Å². The first kappa shape index (κ1) is 22.9. The molecule has 3 rings (SSSR count). The van der Waals surface area contributed by atoms with Gasteiger partial charge in [-0.2, -0.15) is 5.10 Å². The molecule has 3 aromatic rings. The average molecular weight is 437 g/mol. The summed E-state index contributed by atoms with van der Waals surface area (Å²) < 4.78 is 17.2. The molecule has 0 radical (unpaired) electrons. The van der Waals surface area contributed by atoms with Gasteiger partial charge < -0.3 is 19.5 Å². The van der Waals surface area contributed by atoms with Crippen molar-refractivity contribution >= 4 is 5.91 Å². The summed E-state index contributed by atoms with van der Waals surface area (Å²) in [6.07, 6.45) is 0. The Kier molecular flexibility index (Phi) is 7.14. The van der Waals surface area contributed by atoms with Crippen LogP contribution >= 0.6 is 0 Å². The van der Waals surface area contributed by atoms with Gasteiger partial charge >= 0.3 is 0 Å². The molecule has 1 heterocycles. The van der Waals surface area contributed by atoms with E-state index in [1.54, 1.807) is 25.1 Å². The van der Waals surface area contributed by atoms with E-state index in [0.29, 0.717) is 22.9 Å². The van der Waals surface area contributed by atoms with Gasteiger partial charge in [0.2, 0.25) is 11.7 Å². The van der Waals surface area contributed by atoms with Crippen LogP contribution in [-0.4, -0.2) is 37.0 Å². The van der Waals surface area contributed by atoms with E-state index in [1.807, 2.05) is 31.2 Å². The number of rotatable bonds is 8. The van der Waals surface area contributed by atoms with E-state index in [4.69, 9.17) is 14.2 Å². The molecule has 0 saturated carbocycles. The summed E-state index contributed by atoms with van der Waals surface area (Å²) in [6, 6.07) is 13.6. The Bertz CT molecular complexity index is 1130. The van der Waals surface area contributed by atoms with Crippen LogP contribution in [0.2, 0.25) is 0 Å². The number of ether oxygens (including phenoxy) is 3. The van der Waals surface area contributed by atoms with Crippen molar-refractivity contribution in [3.63, 3.8) is 0 Å². The van der Waals surface area contributed by atoms with Crippen LogP contribution in [0.4, 0.5) is 0 Å². The highest BCUT2D eigenvalue weighted by atomic mass is 16.5. The van der Waals surface area contributed by atoms with Crippen LogP contribution in [0.3, 0.4) is 0 Å². The van der Waals surface area contributed by atoms with Gasteiger partial charge in [-0.15, -0.1) is 0 Å². The molecule has 8 nitrogen and oxygen atoms in total. The van der Waals surface area contributed by atoms with Crippen LogP contribution < -0.4 is 25.1 Å². The van der Waals surface area contributed by atoms with Gasteiger partial charge in [-0.3, -0.25) is 9.59 Å². The number of aromatic nitrogens is 2. The van der Waals surface area contributed by atoms with Crippen molar-refractivity contribution in [2.75, 3.05) is 21.3 Å². The number of hydrogen-bond acceptors (Lipinski definition) is 6. The average Bonchev–Trinajstić information content (AvgIpc) is 2.82. The van der Waals surface area contributed by atoms with Gasteiger partial charge in [0.1, 0.15) is 6.04 Å². The molecular weight excluding hydrogens is 410 g/mol. The number of nitrogens with zero attached hydrogens (tertiary/aromatic N) is 2. The van der Waals surface area contributed by atoms with E-state index >= 15 is 0 Å². The maximum absolute atomic E-state index is 12.8. The van der Waals surface area contributed by atoms with Gasteiger partial charge in [-0.25, -0.2) is 4.68 Å². The molecule has 0 bridgehead atoms. The number of nitrogens with one attached hydrogen (secondary N) is 1. The summed E-state index contributed by atoms with van der Waals surface area (Å²) in [5.74, 6) is 1.12. The summed E-state index contributed by atoms with van der Waals surface area (Å²) in [4.78, 5) is 25.2. The standard InChI is InChI=1S/C24H27N3O5/c1-15-6-8-18(9-7-15)19-10-11-22(28)27(26-19)16(2)24(29)25-14-17-12-20(30-3)23(32-5)21(13-17)31-4/h6-13,16H,14H2,1-5H3,(H,25,29). The van der Waals surface area contributed by atoms with Crippen LogP contribution in [0.5, 0.6) is 17.2 Å². The Hall–Kier alpha value is -3.81. The molecule has 0 spiro atoms. The van der Waals surface area contributed by atoms with E-state index in [1.165, 1.54) is 32.1 Å². The van der Waals surface area contributed by atoms with Crippen molar-refractivity contribution < 1.29 is 19.0 Å². The van der Waals surface area contributed by atoms with Gasteiger partial charge in [-0.05, 0) is 37.6 Å². The highest BCUT2D eigenvalue weighted by molar-refractivity contribution is 5.79. The van der Waals surface area contributed by atoms with Gasteiger partial charge in [0.05, 0.1) is 27.0 Å². The number of aryl methyl sites for hydroxylation is 1. The van der Waals surface area contributed by atoms with Crippen LogP contribution in [-0.2, 0) is 11.3 Å². The molecule has 1 atom stereocenters. The molecule has 0 fully saturated rings. The van der Waals surface area contributed by atoms with E-state index in [9.17, 15) is 9.59 Å². The highest BCUT2D eigenvalue weighted by Gasteiger charge is 2.19. The normalized spacial score (nSPS) is 11.5. The molecule has 1 N–H and O–H groups in total. The summed E-state index contributed by atoms with van der Waals surface area (Å²) >= 11 is 0. The largest absolute Gasteiger partial charge is 0.493 e. The summed E-state index contributed by atoms with van der Waals surface area (Å²) in [6.45, 7) is 3.85. The minimum atomic E-state index is -0.796. The zero-order valence-electron chi connectivity index (χ0n) is 18.8. The van der Waals surface area contributed by atoms with Crippen LogP contribution in [0.25, 0.3) is 11.3 Å². The molecule has 8 heteroatoms. The van der Waals surface area contributed by atoms with E-state index in [2.05, 4.69) is 10.4 Å². The van der Waals surface area contributed by atoms with E-state index < -0.39 is 6.04 Å². The fourth-order valence-corrected chi connectivity index (χ4v) is 3.27. The number of hydrogen-bond donors (Lipinski definition) is 1. The predicted molar refractivity (Wildman–Crippen MR) is 121 cm³/mol. The zero-order valence-corrected chi connectivity index (χ0v) is 18.8. The van der Waals surface area contributed by atoms with E-state index in [-0.39, 0.29) is 18.0 Å². The molecule has 0 aliphatic carbocycles. The lowest BCUT2D eigenvalue weighted by molar-refractivity contribution is -0.124. The second-order valence-corrected chi connectivity index (χ2v) is 7.29. The molecule has 168 valence electrons. The molecule has 1 aromatic heterocycles. The Morgan fingerprint density at radius 1 is 1.00 bits per heavy atom. The highest BCUT2D eigenvalue weighted by Crippen LogP contribution is 2.38. The third-order valence-electron chi connectivity index (χ3n) is 5.11. The molecule has 0 aliphatic rings. The second-order valence-electron chi connectivity index (χ2n) is 7.29. The van der Waals surface area contributed by atoms with Crippen molar-refractivity contribution in [2.45, 2.75) is 26.4 Å². The fraction of sp³-hybridized carbons (Fsp3) is 0.292. The third-order valence-corrected chi connectivity index (χ3v) is 5.11. The molecule has 32 heavy (non-hydrogen) atoms. The molecule has 1 amide bonds. The second kappa shape index (κ2) is 10.00. The number of benzene rings is 2. The predicted octanol–water partition coefficient (Wildman–Crippen LogP) is 3.12.